The van der Waals surface area contributed by atoms with Crippen LogP contribution < -0.4 is 0 Å². The summed E-state index contributed by atoms with van der Waals surface area (Å²) in [4.78, 5) is 34.3. The maximum absolute atomic E-state index is 13.0. The lowest BCUT2D eigenvalue weighted by Gasteiger charge is -2.22. The van der Waals surface area contributed by atoms with Gasteiger partial charge in [-0.15, -0.1) is 0 Å². The number of pyridine rings is 1. The molecular formula is C27H26N6O2. The number of H-pyrrole nitrogens is 1. The third kappa shape index (κ3) is 4.27. The quantitative estimate of drug-likeness (QED) is 0.487. The topological polar surface area (TPSA) is 95.1 Å². The molecule has 2 fully saturated rings. The molecule has 0 spiro atoms. The van der Waals surface area contributed by atoms with Gasteiger partial charge in [-0.1, -0.05) is 36.4 Å². The largest absolute Gasteiger partial charge is 0.342 e. The van der Waals surface area contributed by atoms with Gasteiger partial charge in [0, 0.05) is 67.5 Å². The van der Waals surface area contributed by atoms with Crippen molar-refractivity contribution in [1.29, 1.82) is 0 Å². The maximum atomic E-state index is 13.0. The molecule has 0 unspecified atom stereocenters. The highest BCUT2D eigenvalue weighted by Crippen LogP contribution is 2.32. The molecular weight excluding hydrogens is 440 g/mol. The van der Waals surface area contributed by atoms with Crippen LogP contribution >= 0.6 is 0 Å². The van der Waals surface area contributed by atoms with Crippen molar-refractivity contribution in [3.8, 4) is 11.1 Å². The van der Waals surface area contributed by atoms with E-state index in [0.717, 1.165) is 35.4 Å². The van der Waals surface area contributed by atoms with E-state index in [2.05, 4.69) is 38.6 Å². The molecule has 8 nitrogen and oxygen atoms in total. The summed E-state index contributed by atoms with van der Waals surface area (Å²) in [7, 11) is 0. The van der Waals surface area contributed by atoms with Gasteiger partial charge < -0.3 is 9.80 Å². The van der Waals surface area contributed by atoms with Gasteiger partial charge in [-0.05, 0) is 36.2 Å². The Kier molecular flexibility index (Phi) is 5.48. The molecule has 0 bridgehead atoms. The number of benzene rings is 2. The zero-order chi connectivity index (χ0) is 23.8. The minimum absolute atomic E-state index is 0.0206. The molecule has 1 N–H and O–H groups in total. The normalized spacial score (nSPS) is 19.3. The third-order valence-electron chi connectivity index (χ3n) is 7.22. The summed E-state index contributed by atoms with van der Waals surface area (Å²) in [6.07, 6.45) is 2.97. The van der Waals surface area contributed by atoms with Gasteiger partial charge in [0.2, 0.25) is 5.91 Å². The van der Waals surface area contributed by atoms with Gasteiger partial charge in [0.05, 0.1) is 0 Å². The monoisotopic (exact) mass is 466 g/mol. The van der Waals surface area contributed by atoms with E-state index in [-0.39, 0.29) is 11.8 Å². The van der Waals surface area contributed by atoms with Crippen LogP contribution in [0.25, 0.3) is 22.2 Å². The molecule has 0 aliphatic carbocycles. The fraction of sp³-hybridized carbons (Fsp3) is 0.296. The van der Waals surface area contributed by atoms with Crippen molar-refractivity contribution in [1.82, 2.24) is 30.2 Å². The van der Waals surface area contributed by atoms with Crippen molar-refractivity contribution in [2.45, 2.75) is 12.8 Å². The van der Waals surface area contributed by atoms with Crippen LogP contribution in [0, 0.1) is 11.8 Å². The number of rotatable bonds is 5. The fourth-order valence-electron chi connectivity index (χ4n) is 5.29. The van der Waals surface area contributed by atoms with Crippen LogP contribution in [0.1, 0.15) is 22.5 Å². The van der Waals surface area contributed by atoms with Crippen LogP contribution in [0.15, 0.2) is 66.9 Å². The highest BCUT2D eigenvalue weighted by atomic mass is 16.2. The molecule has 6 rings (SSSR count). The average molecular weight is 467 g/mol. The number of amides is 2. The molecule has 4 heterocycles. The van der Waals surface area contributed by atoms with Crippen LogP contribution in [0.2, 0.25) is 0 Å². The molecule has 2 aromatic carbocycles. The number of aryl methyl sites for hydroxylation is 1. The average Bonchev–Trinajstić information content (AvgIpc) is 3.62. The first kappa shape index (κ1) is 21.5. The Hall–Kier alpha value is -4.07. The number of carbonyl (C=O) groups is 2. The number of nitrogens with zero attached hydrogens (tertiary/aromatic N) is 5. The second-order valence-corrected chi connectivity index (χ2v) is 9.46. The van der Waals surface area contributed by atoms with Crippen LogP contribution in [-0.4, -0.2) is 68.2 Å². The van der Waals surface area contributed by atoms with Crippen molar-refractivity contribution in [2.75, 3.05) is 26.2 Å². The number of hydrogen-bond donors (Lipinski definition) is 1. The minimum Gasteiger partial charge on any atom is -0.342 e. The standard InChI is InChI=1S/C27H26N6O2/c34-26(11-9-23-8-6-20(13-28-23)18-4-2-1-3-5-18)32-14-21-16-33(17-22(21)15-32)27(35)19-7-10-24-25(12-19)30-31-29-24/h1-8,10,12-13,21-22H,9,11,14-17H2,(H,29,30,31)/t21-,22-/m1/s1. The Morgan fingerprint density at radius 1 is 0.829 bits per heavy atom. The van der Waals surface area contributed by atoms with Crippen molar-refractivity contribution in [3.63, 3.8) is 0 Å². The Morgan fingerprint density at radius 3 is 2.31 bits per heavy atom. The summed E-state index contributed by atoms with van der Waals surface area (Å²) in [5.41, 5.74) is 5.21. The molecule has 2 amide bonds. The van der Waals surface area contributed by atoms with Gasteiger partial charge in [0.25, 0.3) is 5.91 Å². The Morgan fingerprint density at radius 2 is 1.57 bits per heavy atom. The van der Waals surface area contributed by atoms with E-state index >= 15 is 0 Å². The molecule has 2 aliphatic rings. The molecule has 8 heteroatoms. The number of fused-ring (bicyclic) bond motifs is 2. The minimum atomic E-state index is 0.0206. The number of aromatic amines is 1. The highest BCUT2D eigenvalue weighted by molar-refractivity contribution is 5.97. The first-order chi connectivity index (χ1) is 17.1. The van der Waals surface area contributed by atoms with Crippen LogP contribution in [-0.2, 0) is 11.2 Å². The van der Waals surface area contributed by atoms with Crippen molar-refractivity contribution >= 4 is 22.8 Å². The van der Waals surface area contributed by atoms with E-state index < -0.39 is 0 Å². The zero-order valence-corrected chi connectivity index (χ0v) is 19.3. The second kappa shape index (κ2) is 8.94. The molecule has 2 aromatic heterocycles. The zero-order valence-electron chi connectivity index (χ0n) is 19.3. The Labute approximate surface area is 203 Å². The van der Waals surface area contributed by atoms with Crippen LogP contribution in [0.5, 0.6) is 0 Å². The summed E-state index contributed by atoms with van der Waals surface area (Å²) in [6, 6.07) is 19.6. The lowest BCUT2D eigenvalue weighted by atomic mass is 10.0. The maximum Gasteiger partial charge on any atom is 0.253 e. The number of carbonyl (C=O) groups excluding carboxylic acids is 2. The Bertz CT molecular complexity index is 1350. The van der Waals surface area contributed by atoms with E-state index in [1.54, 1.807) is 12.1 Å². The smallest absolute Gasteiger partial charge is 0.253 e. The molecule has 0 radical (unpaired) electrons. The number of hydrogen-bond acceptors (Lipinski definition) is 5. The molecule has 2 saturated heterocycles. The lowest BCUT2D eigenvalue weighted by molar-refractivity contribution is -0.130. The summed E-state index contributed by atoms with van der Waals surface area (Å²) in [5.74, 6) is 0.860. The summed E-state index contributed by atoms with van der Waals surface area (Å²) in [5, 5.41) is 10.7. The van der Waals surface area contributed by atoms with Gasteiger partial charge in [-0.2, -0.15) is 15.4 Å². The highest BCUT2D eigenvalue weighted by Gasteiger charge is 2.43. The molecule has 4 aromatic rings. The summed E-state index contributed by atoms with van der Waals surface area (Å²) < 4.78 is 0. The predicted octanol–water partition coefficient (Wildman–Crippen LogP) is 3.18. The first-order valence-corrected chi connectivity index (χ1v) is 12.0. The van der Waals surface area contributed by atoms with E-state index in [1.165, 1.54) is 0 Å². The van der Waals surface area contributed by atoms with E-state index in [0.29, 0.717) is 48.8 Å². The van der Waals surface area contributed by atoms with Gasteiger partial charge >= 0.3 is 0 Å². The van der Waals surface area contributed by atoms with E-state index in [1.807, 2.05) is 46.3 Å². The van der Waals surface area contributed by atoms with Crippen LogP contribution in [0.4, 0.5) is 0 Å². The predicted molar refractivity (Wildman–Crippen MR) is 131 cm³/mol. The lowest BCUT2D eigenvalue weighted by Crippen LogP contribution is -2.35. The first-order valence-electron chi connectivity index (χ1n) is 12.0. The molecule has 2 atom stereocenters. The summed E-state index contributed by atoms with van der Waals surface area (Å²) >= 11 is 0. The van der Waals surface area contributed by atoms with Gasteiger partial charge in [-0.25, -0.2) is 0 Å². The molecule has 176 valence electrons. The van der Waals surface area contributed by atoms with E-state index in [4.69, 9.17) is 0 Å². The summed E-state index contributed by atoms with van der Waals surface area (Å²) in [6.45, 7) is 2.81. The molecule has 2 aliphatic heterocycles. The number of likely N-dealkylation sites (tertiary alicyclic amines) is 2. The SMILES string of the molecule is O=C(CCc1ccc(-c2ccccc2)cn1)N1C[C@@H]2CN(C(=O)c3ccc4n[nH]nc4c3)C[C@H]2C1. The second-order valence-electron chi connectivity index (χ2n) is 9.46. The Balaban J connectivity index is 1.01. The molecule has 35 heavy (non-hydrogen) atoms. The number of aromatic nitrogens is 4. The van der Waals surface area contributed by atoms with E-state index in [9.17, 15) is 9.59 Å². The van der Waals surface area contributed by atoms with Crippen molar-refractivity contribution < 1.29 is 9.59 Å². The van der Waals surface area contributed by atoms with Crippen LogP contribution in [0.3, 0.4) is 0 Å². The fourth-order valence-corrected chi connectivity index (χ4v) is 5.29. The van der Waals surface area contributed by atoms with Gasteiger partial charge in [0.15, 0.2) is 0 Å². The number of nitrogens with one attached hydrogen (secondary N) is 1. The third-order valence-corrected chi connectivity index (χ3v) is 7.22. The van der Waals surface area contributed by atoms with Gasteiger partial charge in [-0.3, -0.25) is 14.6 Å². The van der Waals surface area contributed by atoms with Crippen molar-refractivity contribution in [2.24, 2.45) is 11.8 Å². The van der Waals surface area contributed by atoms with Gasteiger partial charge in [0.1, 0.15) is 11.0 Å². The van der Waals surface area contributed by atoms with Crippen molar-refractivity contribution in [3.05, 3.63) is 78.1 Å². The molecule has 0 saturated carbocycles.